The fourth-order valence-corrected chi connectivity index (χ4v) is 5.16. The van der Waals surface area contributed by atoms with Crippen LogP contribution >= 0.6 is 0 Å². The van der Waals surface area contributed by atoms with Crippen molar-refractivity contribution in [1.82, 2.24) is 14.5 Å². The molecule has 0 unspecified atom stereocenters. The first-order chi connectivity index (χ1) is 19.6. The summed E-state index contributed by atoms with van der Waals surface area (Å²) in [5.74, 6) is -4.43. The van der Waals surface area contributed by atoms with E-state index in [-0.39, 0.29) is 45.9 Å². The second-order valence-electron chi connectivity index (χ2n) is 9.32. The molecular formula is C27H26F3N3O8. The van der Waals surface area contributed by atoms with Crippen molar-refractivity contribution in [2.75, 3.05) is 54.2 Å². The zero-order valence-corrected chi connectivity index (χ0v) is 22.4. The Balaban J connectivity index is 1.77. The molecule has 1 aliphatic carbocycles. The van der Waals surface area contributed by atoms with Gasteiger partial charge in [-0.05, 0) is 18.6 Å². The summed E-state index contributed by atoms with van der Waals surface area (Å²) in [4.78, 5) is 46.3. The Morgan fingerprint density at radius 3 is 2.39 bits per heavy atom. The molecular weight excluding hydrogens is 551 g/mol. The van der Waals surface area contributed by atoms with Gasteiger partial charge in [0.1, 0.15) is 5.69 Å². The zero-order valence-electron chi connectivity index (χ0n) is 22.4. The number of hydrogen-bond donors (Lipinski definition) is 0. The molecule has 5 rings (SSSR count). The van der Waals surface area contributed by atoms with Crippen LogP contribution in [0, 0.1) is 0 Å². The van der Waals surface area contributed by atoms with Crippen molar-refractivity contribution < 1.29 is 46.4 Å². The highest BCUT2D eigenvalue weighted by atomic mass is 19.4. The Kier molecular flexibility index (Phi) is 7.62. The number of carbonyl (C=O) groups is 2. The minimum atomic E-state index is -5.38. The first-order valence-electron chi connectivity index (χ1n) is 12.6. The topological polar surface area (TPSA) is 118 Å². The summed E-state index contributed by atoms with van der Waals surface area (Å²) < 4.78 is 67.2. The predicted molar refractivity (Wildman–Crippen MR) is 138 cm³/mol. The Hall–Kier alpha value is -4.17. The van der Waals surface area contributed by atoms with E-state index >= 15 is 0 Å². The third kappa shape index (κ3) is 4.97. The molecule has 1 saturated heterocycles. The van der Waals surface area contributed by atoms with E-state index in [1.807, 2.05) is 0 Å². The van der Waals surface area contributed by atoms with Crippen molar-refractivity contribution >= 4 is 22.5 Å². The molecule has 1 aromatic carbocycles. The summed E-state index contributed by atoms with van der Waals surface area (Å²) in [7, 11) is 3.71. The van der Waals surface area contributed by atoms with E-state index in [0.29, 0.717) is 31.7 Å². The van der Waals surface area contributed by atoms with Crippen molar-refractivity contribution in [3.63, 3.8) is 0 Å². The third-order valence-electron chi connectivity index (χ3n) is 7.02. The lowest BCUT2D eigenvalue weighted by atomic mass is 10.0. The minimum Gasteiger partial charge on any atom is -0.493 e. The van der Waals surface area contributed by atoms with Gasteiger partial charge in [-0.25, -0.2) is 9.78 Å². The third-order valence-corrected chi connectivity index (χ3v) is 7.02. The number of hydrogen-bond acceptors (Lipinski definition) is 10. The van der Waals surface area contributed by atoms with Gasteiger partial charge >= 0.3 is 12.1 Å². The summed E-state index contributed by atoms with van der Waals surface area (Å²) >= 11 is 0. The average Bonchev–Trinajstić information content (AvgIpc) is 3.25. The van der Waals surface area contributed by atoms with Crippen LogP contribution in [0.1, 0.15) is 22.5 Å². The molecule has 14 heteroatoms. The first-order valence-corrected chi connectivity index (χ1v) is 12.6. The molecule has 1 fully saturated rings. The van der Waals surface area contributed by atoms with Gasteiger partial charge in [0.2, 0.25) is 17.4 Å². The molecule has 11 nitrogen and oxygen atoms in total. The molecule has 1 aliphatic heterocycles. The number of ether oxygens (including phenoxy) is 5. The van der Waals surface area contributed by atoms with Crippen LogP contribution in [0.4, 0.5) is 13.2 Å². The molecule has 0 spiro atoms. The number of fused-ring (bicyclic) bond motifs is 5. The first kappa shape index (κ1) is 28.4. The standard InChI is InChI=1S/C27H26F3N3O8/c1-37-16-13-15-18(24(23(16)39-3)41-26(36)27(28,29)30)19-21(14-5-6-17(38-2)31-20(14)22(19)34)33(25(15)35)8-4-7-32-9-11-40-12-10-32/h5-6,13H,4,7-12H2,1-3H3. The Morgan fingerprint density at radius 2 is 1.76 bits per heavy atom. The summed E-state index contributed by atoms with van der Waals surface area (Å²) in [5, 5.41) is -0.502. The second-order valence-corrected chi connectivity index (χ2v) is 9.32. The molecule has 3 aromatic rings. The molecule has 41 heavy (non-hydrogen) atoms. The summed E-state index contributed by atoms with van der Waals surface area (Å²) in [5.41, 5.74) is -0.388. The number of esters is 1. The lowest BCUT2D eigenvalue weighted by molar-refractivity contribution is -0.189. The Labute approximate surface area is 231 Å². The smallest absolute Gasteiger partial charge is 0.491 e. The lowest BCUT2D eigenvalue weighted by Gasteiger charge is -2.26. The summed E-state index contributed by atoms with van der Waals surface area (Å²) in [6.07, 6.45) is -4.85. The number of ketones is 1. The number of methoxy groups -OCH3 is 3. The van der Waals surface area contributed by atoms with Crippen molar-refractivity contribution in [2.45, 2.75) is 19.1 Å². The van der Waals surface area contributed by atoms with Gasteiger partial charge in [0, 0.05) is 43.2 Å². The van der Waals surface area contributed by atoms with Gasteiger partial charge in [0.15, 0.2) is 11.5 Å². The number of carbonyl (C=O) groups excluding carboxylic acids is 2. The van der Waals surface area contributed by atoms with E-state index in [1.54, 1.807) is 6.07 Å². The molecule has 2 aliphatic rings. The molecule has 0 N–H and O–H groups in total. The Morgan fingerprint density at radius 1 is 1.02 bits per heavy atom. The normalized spacial score (nSPS) is 15.0. The zero-order chi connectivity index (χ0) is 29.5. The molecule has 218 valence electrons. The van der Waals surface area contributed by atoms with Crippen LogP contribution in [0.25, 0.3) is 22.0 Å². The maximum absolute atomic E-state index is 14.0. The number of nitrogens with zero attached hydrogens (tertiary/aromatic N) is 3. The van der Waals surface area contributed by atoms with Crippen molar-refractivity contribution in [2.24, 2.45) is 0 Å². The number of aromatic nitrogens is 2. The van der Waals surface area contributed by atoms with Crippen molar-refractivity contribution in [3.05, 3.63) is 39.8 Å². The minimum absolute atomic E-state index is 0.0592. The second kappa shape index (κ2) is 11.0. The summed E-state index contributed by atoms with van der Waals surface area (Å²) in [6, 6.07) is 4.31. The highest BCUT2D eigenvalue weighted by Gasteiger charge is 2.44. The number of morpholine rings is 1. The maximum Gasteiger partial charge on any atom is 0.491 e. The number of pyridine rings is 2. The highest BCUT2D eigenvalue weighted by molar-refractivity contribution is 6.27. The molecule has 3 heterocycles. The monoisotopic (exact) mass is 577 g/mol. The number of alkyl halides is 3. The van der Waals surface area contributed by atoms with E-state index in [9.17, 15) is 27.6 Å². The molecule has 2 aromatic heterocycles. The van der Waals surface area contributed by atoms with E-state index in [0.717, 1.165) is 20.2 Å². The molecule has 0 radical (unpaired) electrons. The van der Waals surface area contributed by atoms with Gasteiger partial charge < -0.3 is 28.3 Å². The number of benzene rings is 1. The maximum atomic E-state index is 14.0. The molecule has 0 bridgehead atoms. The van der Waals surface area contributed by atoms with Crippen molar-refractivity contribution in [3.8, 4) is 34.4 Å². The van der Waals surface area contributed by atoms with Crippen LogP contribution in [-0.4, -0.2) is 86.6 Å². The van der Waals surface area contributed by atoms with Crippen LogP contribution in [0.15, 0.2) is 23.0 Å². The van der Waals surface area contributed by atoms with Gasteiger partial charge in [-0.1, -0.05) is 0 Å². The number of rotatable bonds is 8. The lowest BCUT2D eigenvalue weighted by Crippen LogP contribution is -2.37. The van der Waals surface area contributed by atoms with Crippen LogP contribution < -0.4 is 24.5 Å². The fraction of sp³-hybridized carbons (Fsp3) is 0.407. The molecule has 0 amide bonds. The predicted octanol–water partition coefficient (Wildman–Crippen LogP) is 2.82. The SMILES string of the molecule is COc1ccc2c(n1)C(=O)c1c-2n(CCCN2CCOCC2)c(=O)c2cc(OC)c(OC)c(OC(=O)C(F)(F)F)c12. The largest absolute Gasteiger partial charge is 0.493 e. The quantitative estimate of drug-likeness (QED) is 0.229. The van der Waals surface area contributed by atoms with Crippen LogP contribution in [-0.2, 0) is 16.1 Å². The molecule has 0 saturated carbocycles. The van der Waals surface area contributed by atoms with Crippen LogP contribution in [0.3, 0.4) is 0 Å². The van der Waals surface area contributed by atoms with Crippen LogP contribution in [0.5, 0.6) is 23.1 Å². The van der Waals surface area contributed by atoms with Gasteiger partial charge in [-0.3, -0.25) is 14.5 Å². The van der Waals surface area contributed by atoms with Gasteiger partial charge in [0.05, 0.1) is 51.2 Å². The van der Waals surface area contributed by atoms with E-state index in [1.165, 1.54) is 30.9 Å². The summed E-state index contributed by atoms with van der Waals surface area (Å²) in [6.45, 7) is 3.49. The van der Waals surface area contributed by atoms with E-state index < -0.39 is 35.0 Å². The molecule has 0 atom stereocenters. The fourth-order valence-electron chi connectivity index (χ4n) is 5.16. The van der Waals surface area contributed by atoms with Gasteiger partial charge in [-0.15, -0.1) is 0 Å². The van der Waals surface area contributed by atoms with Crippen molar-refractivity contribution in [1.29, 1.82) is 0 Å². The average molecular weight is 578 g/mol. The van der Waals surface area contributed by atoms with Gasteiger partial charge in [-0.2, -0.15) is 13.2 Å². The Bertz CT molecular complexity index is 1600. The van der Waals surface area contributed by atoms with E-state index in [2.05, 4.69) is 9.88 Å². The number of halogens is 3. The van der Waals surface area contributed by atoms with Crippen LogP contribution in [0.2, 0.25) is 0 Å². The van der Waals surface area contributed by atoms with Gasteiger partial charge in [0.25, 0.3) is 5.56 Å². The highest BCUT2D eigenvalue weighted by Crippen LogP contribution is 2.49. The van der Waals surface area contributed by atoms with E-state index in [4.69, 9.17) is 23.7 Å².